The Labute approximate surface area is 193 Å². The second-order valence-corrected chi connectivity index (χ2v) is 7.68. The van der Waals surface area contributed by atoms with Crippen LogP contribution in [0.2, 0.25) is 0 Å². The molecule has 0 aliphatic rings. The minimum Gasteiger partial charge on any atom is -0.497 e. The third kappa shape index (κ3) is 6.41. The summed E-state index contributed by atoms with van der Waals surface area (Å²) in [5, 5.41) is 6.76. The maximum Gasteiger partial charge on any atom is 0.273 e. The topological polar surface area (TPSA) is 97.6 Å². The van der Waals surface area contributed by atoms with Gasteiger partial charge in [-0.2, -0.15) is 0 Å². The number of benzene rings is 1. The number of carbonyl (C=O) groups is 2. The third-order valence-electron chi connectivity index (χ3n) is 5.53. The maximum atomic E-state index is 13.1. The van der Waals surface area contributed by atoms with Gasteiger partial charge in [-0.15, -0.1) is 0 Å². The number of hydrogen-bond donors (Lipinski definition) is 1. The van der Waals surface area contributed by atoms with Gasteiger partial charge in [0.2, 0.25) is 0 Å². The van der Waals surface area contributed by atoms with Crippen molar-refractivity contribution in [1.82, 2.24) is 20.4 Å². The van der Waals surface area contributed by atoms with Gasteiger partial charge in [0.25, 0.3) is 11.8 Å². The van der Waals surface area contributed by atoms with E-state index in [0.717, 1.165) is 24.2 Å². The molecule has 0 saturated carbocycles. The Morgan fingerprint density at radius 3 is 2.55 bits per heavy atom. The standard InChI is InChI=1S/C25H30N4O4/c1-4-20(5-2)29(25(31)19-7-6-13-26-16-19)17-22-15-23(28-33-22)24(30)27-14-12-18-8-10-21(32-3)11-9-18/h6-11,13,15-16,20H,4-5,12,14,17H2,1-3H3,(H,27,30). The van der Waals surface area contributed by atoms with Gasteiger partial charge in [0, 0.05) is 31.0 Å². The highest BCUT2D eigenvalue weighted by molar-refractivity contribution is 5.94. The number of methoxy groups -OCH3 is 1. The van der Waals surface area contributed by atoms with E-state index < -0.39 is 0 Å². The van der Waals surface area contributed by atoms with Crippen molar-refractivity contribution in [2.75, 3.05) is 13.7 Å². The van der Waals surface area contributed by atoms with Gasteiger partial charge in [-0.05, 0) is 49.1 Å². The predicted octanol–water partition coefficient (Wildman–Crippen LogP) is 3.88. The zero-order chi connectivity index (χ0) is 23.6. The van der Waals surface area contributed by atoms with Crippen molar-refractivity contribution in [2.45, 2.75) is 45.7 Å². The van der Waals surface area contributed by atoms with Crippen LogP contribution in [0.5, 0.6) is 5.75 Å². The lowest BCUT2D eigenvalue weighted by Crippen LogP contribution is -2.39. The first-order chi connectivity index (χ1) is 16.0. The molecule has 0 radical (unpaired) electrons. The molecular formula is C25H30N4O4. The molecule has 0 saturated heterocycles. The SMILES string of the molecule is CCC(CC)N(Cc1cc(C(=O)NCCc2ccc(OC)cc2)no1)C(=O)c1cccnc1. The van der Waals surface area contributed by atoms with Crippen LogP contribution in [-0.2, 0) is 13.0 Å². The normalized spacial score (nSPS) is 10.8. The molecule has 0 spiro atoms. The van der Waals surface area contributed by atoms with E-state index in [1.807, 2.05) is 38.1 Å². The van der Waals surface area contributed by atoms with Crippen LogP contribution in [0.15, 0.2) is 59.4 Å². The molecule has 1 N–H and O–H groups in total. The fraction of sp³-hybridized carbons (Fsp3) is 0.360. The number of rotatable bonds is 11. The number of hydrogen-bond acceptors (Lipinski definition) is 6. The summed E-state index contributed by atoms with van der Waals surface area (Å²) in [6, 6.07) is 12.8. The van der Waals surface area contributed by atoms with E-state index in [0.29, 0.717) is 24.3 Å². The average Bonchev–Trinajstić information content (AvgIpc) is 3.33. The number of nitrogens with zero attached hydrogens (tertiary/aromatic N) is 3. The van der Waals surface area contributed by atoms with Gasteiger partial charge < -0.3 is 19.5 Å². The lowest BCUT2D eigenvalue weighted by Gasteiger charge is -2.29. The smallest absolute Gasteiger partial charge is 0.273 e. The van der Waals surface area contributed by atoms with Gasteiger partial charge >= 0.3 is 0 Å². The van der Waals surface area contributed by atoms with E-state index in [1.54, 1.807) is 42.6 Å². The Bertz CT molecular complexity index is 1030. The van der Waals surface area contributed by atoms with Gasteiger partial charge in [-0.3, -0.25) is 14.6 Å². The van der Waals surface area contributed by atoms with E-state index in [4.69, 9.17) is 9.26 Å². The van der Waals surface area contributed by atoms with Gasteiger partial charge in [-0.1, -0.05) is 31.1 Å². The molecule has 2 amide bonds. The largest absolute Gasteiger partial charge is 0.497 e. The van der Waals surface area contributed by atoms with Crippen LogP contribution >= 0.6 is 0 Å². The van der Waals surface area contributed by atoms with E-state index in [2.05, 4.69) is 15.5 Å². The molecule has 1 aromatic carbocycles. The molecule has 0 aliphatic heterocycles. The minimum atomic E-state index is -0.314. The summed E-state index contributed by atoms with van der Waals surface area (Å²) in [4.78, 5) is 31.4. The molecule has 3 rings (SSSR count). The van der Waals surface area contributed by atoms with Crippen molar-refractivity contribution in [1.29, 1.82) is 0 Å². The summed E-state index contributed by atoms with van der Waals surface area (Å²) in [5.41, 5.74) is 1.80. The highest BCUT2D eigenvalue weighted by Gasteiger charge is 2.25. The quantitative estimate of drug-likeness (QED) is 0.476. The molecule has 2 aromatic heterocycles. The number of nitrogens with one attached hydrogen (secondary N) is 1. The molecule has 8 heteroatoms. The summed E-state index contributed by atoms with van der Waals surface area (Å²) < 4.78 is 10.5. The first kappa shape index (κ1) is 24.0. The van der Waals surface area contributed by atoms with Crippen molar-refractivity contribution in [3.8, 4) is 5.75 Å². The van der Waals surface area contributed by atoms with Gasteiger partial charge in [-0.25, -0.2) is 0 Å². The lowest BCUT2D eigenvalue weighted by molar-refractivity contribution is 0.0627. The number of amides is 2. The molecule has 0 unspecified atom stereocenters. The third-order valence-corrected chi connectivity index (χ3v) is 5.53. The summed E-state index contributed by atoms with van der Waals surface area (Å²) in [6.07, 6.45) is 5.47. The van der Waals surface area contributed by atoms with Gasteiger partial charge in [0.05, 0.1) is 19.2 Å². The first-order valence-electron chi connectivity index (χ1n) is 11.1. The van der Waals surface area contributed by atoms with Crippen LogP contribution in [0.25, 0.3) is 0 Å². The molecule has 0 atom stereocenters. The number of pyridine rings is 1. The molecule has 0 bridgehead atoms. The Morgan fingerprint density at radius 2 is 1.91 bits per heavy atom. The Balaban J connectivity index is 1.61. The Morgan fingerprint density at radius 1 is 1.15 bits per heavy atom. The molecule has 33 heavy (non-hydrogen) atoms. The zero-order valence-electron chi connectivity index (χ0n) is 19.3. The van der Waals surface area contributed by atoms with Gasteiger partial charge in [0.15, 0.2) is 11.5 Å². The summed E-state index contributed by atoms with van der Waals surface area (Å²) in [6.45, 7) is 4.78. The van der Waals surface area contributed by atoms with E-state index >= 15 is 0 Å². The van der Waals surface area contributed by atoms with E-state index in [1.165, 1.54) is 0 Å². The highest BCUT2D eigenvalue weighted by Crippen LogP contribution is 2.18. The van der Waals surface area contributed by atoms with E-state index in [9.17, 15) is 9.59 Å². The fourth-order valence-electron chi connectivity index (χ4n) is 3.62. The first-order valence-corrected chi connectivity index (χ1v) is 11.1. The number of ether oxygens (including phenoxy) is 1. The van der Waals surface area contributed by atoms with Crippen molar-refractivity contribution >= 4 is 11.8 Å². The molecule has 0 aliphatic carbocycles. The fourth-order valence-corrected chi connectivity index (χ4v) is 3.62. The maximum absolute atomic E-state index is 13.1. The Kier molecular flexibility index (Phi) is 8.57. The summed E-state index contributed by atoms with van der Waals surface area (Å²) in [7, 11) is 1.63. The zero-order valence-corrected chi connectivity index (χ0v) is 19.3. The molecule has 2 heterocycles. The Hall–Kier alpha value is -3.68. The molecule has 8 nitrogen and oxygen atoms in total. The monoisotopic (exact) mass is 450 g/mol. The van der Waals surface area contributed by atoms with Crippen LogP contribution in [-0.4, -0.2) is 46.6 Å². The predicted molar refractivity (Wildman–Crippen MR) is 124 cm³/mol. The van der Waals surface area contributed by atoms with Gasteiger partial charge in [0.1, 0.15) is 5.75 Å². The lowest BCUT2D eigenvalue weighted by atomic mass is 10.1. The number of aromatic nitrogens is 2. The number of carbonyl (C=O) groups excluding carboxylic acids is 2. The second-order valence-electron chi connectivity index (χ2n) is 7.68. The van der Waals surface area contributed by atoms with Crippen LogP contribution in [0, 0.1) is 0 Å². The van der Waals surface area contributed by atoms with Crippen molar-refractivity contribution < 1.29 is 18.8 Å². The van der Waals surface area contributed by atoms with Crippen molar-refractivity contribution in [3.05, 3.63) is 77.4 Å². The highest BCUT2D eigenvalue weighted by atomic mass is 16.5. The van der Waals surface area contributed by atoms with Crippen molar-refractivity contribution in [3.63, 3.8) is 0 Å². The molecule has 0 fully saturated rings. The summed E-state index contributed by atoms with van der Waals surface area (Å²) in [5.74, 6) is 0.812. The van der Waals surface area contributed by atoms with Crippen molar-refractivity contribution in [2.24, 2.45) is 0 Å². The minimum absolute atomic E-state index is 0.0320. The van der Waals surface area contributed by atoms with Crippen LogP contribution < -0.4 is 10.1 Å². The molecule has 174 valence electrons. The van der Waals surface area contributed by atoms with Crippen LogP contribution in [0.4, 0.5) is 0 Å². The van der Waals surface area contributed by atoms with Crippen LogP contribution in [0.3, 0.4) is 0 Å². The average molecular weight is 451 g/mol. The second kappa shape index (κ2) is 11.8. The molecule has 3 aromatic rings. The van der Waals surface area contributed by atoms with Crippen LogP contribution in [0.1, 0.15) is 58.9 Å². The molecular weight excluding hydrogens is 420 g/mol. The van der Waals surface area contributed by atoms with E-state index in [-0.39, 0.29) is 30.1 Å². The summed E-state index contributed by atoms with van der Waals surface area (Å²) >= 11 is 0.